The molecule has 2 aromatic heterocycles. The van der Waals surface area contributed by atoms with E-state index in [9.17, 15) is 13.2 Å². The van der Waals surface area contributed by atoms with Gasteiger partial charge in [-0.15, -0.1) is 0 Å². The van der Waals surface area contributed by atoms with Gasteiger partial charge in [0.25, 0.3) is 0 Å². The van der Waals surface area contributed by atoms with E-state index in [-0.39, 0.29) is 12.4 Å². The summed E-state index contributed by atoms with van der Waals surface area (Å²) in [7, 11) is 0. The number of nitrogens with zero attached hydrogens (tertiary/aromatic N) is 4. The monoisotopic (exact) mass is 255 g/mol. The first-order chi connectivity index (χ1) is 8.55. The van der Waals surface area contributed by atoms with E-state index in [0.29, 0.717) is 5.69 Å². The van der Waals surface area contributed by atoms with Gasteiger partial charge in [-0.2, -0.15) is 13.2 Å². The van der Waals surface area contributed by atoms with Crippen molar-refractivity contribution in [2.24, 2.45) is 0 Å². The van der Waals surface area contributed by atoms with Crippen LogP contribution in [0, 0.1) is 0 Å². The van der Waals surface area contributed by atoms with Crippen LogP contribution in [0.15, 0.2) is 31.0 Å². The second-order valence-corrected chi connectivity index (χ2v) is 3.34. The fourth-order valence-corrected chi connectivity index (χ4v) is 1.21. The van der Waals surface area contributed by atoms with Crippen molar-refractivity contribution in [2.45, 2.75) is 12.7 Å². The number of halogens is 3. The van der Waals surface area contributed by atoms with E-state index in [0.717, 1.165) is 12.4 Å². The first-order valence-corrected chi connectivity index (χ1v) is 4.94. The maximum atomic E-state index is 12.4. The zero-order valence-electron chi connectivity index (χ0n) is 9.02. The Bertz CT molecular complexity index is 514. The number of aromatic nitrogens is 4. The molecule has 2 heterocycles. The molecule has 0 saturated carbocycles. The molecule has 5 nitrogen and oxygen atoms in total. The highest BCUT2D eigenvalue weighted by atomic mass is 19.4. The van der Waals surface area contributed by atoms with Gasteiger partial charge in [0.05, 0.1) is 18.4 Å². The van der Waals surface area contributed by atoms with Crippen molar-refractivity contribution in [1.82, 2.24) is 19.9 Å². The molecule has 0 fully saturated rings. The van der Waals surface area contributed by atoms with Gasteiger partial charge >= 0.3 is 6.18 Å². The predicted molar refractivity (Wildman–Crippen MR) is 56.4 cm³/mol. The van der Waals surface area contributed by atoms with Crippen molar-refractivity contribution in [3.8, 4) is 0 Å². The molecule has 0 unspecified atom stereocenters. The van der Waals surface area contributed by atoms with Crippen LogP contribution in [0.3, 0.4) is 0 Å². The molecule has 0 aliphatic carbocycles. The first kappa shape index (κ1) is 12.2. The standard InChI is InChI=1S/C10H8F3N5/c11-10(12,13)8-3-9(18-6-17-8)16-5-7-4-14-1-2-15-7/h1-4,6H,5H2,(H,16,17,18). The summed E-state index contributed by atoms with van der Waals surface area (Å²) in [6, 6.07) is 0.844. The second kappa shape index (κ2) is 4.94. The third-order valence-electron chi connectivity index (χ3n) is 2.02. The van der Waals surface area contributed by atoms with Crippen molar-refractivity contribution in [3.63, 3.8) is 0 Å². The minimum Gasteiger partial charge on any atom is -0.364 e. The molecule has 8 heteroatoms. The number of alkyl halides is 3. The summed E-state index contributed by atoms with van der Waals surface area (Å²) in [4.78, 5) is 14.7. The van der Waals surface area contributed by atoms with Crippen molar-refractivity contribution in [1.29, 1.82) is 0 Å². The zero-order valence-corrected chi connectivity index (χ0v) is 9.02. The summed E-state index contributed by atoms with van der Waals surface area (Å²) in [5.41, 5.74) is -0.385. The fourth-order valence-electron chi connectivity index (χ4n) is 1.21. The first-order valence-electron chi connectivity index (χ1n) is 4.94. The molecule has 2 aromatic rings. The molecule has 0 saturated heterocycles. The number of hydrogen-bond donors (Lipinski definition) is 1. The van der Waals surface area contributed by atoms with Crippen LogP contribution in [-0.2, 0) is 12.7 Å². The molecule has 94 valence electrons. The minimum absolute atomic E-state index is 0.0861. The van der Waals surface area contributed by atoms with Gasteiger partial charge in [-0.25, -0.2) is 9.97 Å². The summed E-state index contributed by atoms with van der Waals surface area (Å²) in [6.07, 6.45) is 0.903. The number of anilines is 1. The molecule has 0 amide bonds. The minimum atomic E-state index is -4.48. The van der Waals surface area contributed by atoms with Gasteiger partial charge in [0.15, 0.2) is 0 Å². The third kappa shape index (κ3) is 3.12. The number of hydrogen-bond acceptors (Lipinski definition) is 5. The molecular formula is C10H8F3N5. The Morgan fingerprint density at radius 1 is 1.11 bits per heavy atom. The zero-order chi connectivity index (χ0) is 13.0. The van der Waals surface area contributed by atoms with Gasteiger partial charge in [-0.1, -0.05) is 0 Å². The van der Waals surface area contributed by atoms with E-state index in [1.54, 1.807) is 0 Å². The van der Waals surface area contributed by atoms with Crippen LogP contribution in [0.2, 0.25) is 0 Å². The lowest BCUT2D eigenvalue weighted by Gasteiger charge is -2.08. The lowest BCUT2D eigenvalue weighted by molar-refractivity contribution is -0.141. The molecule has 0 aromatic carbocycles. The topological polar surface area (TPSA) is 63.6 Å². The maximum Gasteiger partial charge on any atom is 0.433 e. The molecule has 0 atom stereocenters. The van der Waals surface area contributed by atoms with Crippen molar-refractivity contribution in [2.75, 3.05) is 5.32 Å². The predicted octanol–water partition coefficient (Wildman–Crippen LogP) is 1.90. The van der Waals surface area contributed by atoms with Gasteiger partial charge in [0.1, 0.15) is 17.8 Å². The molecule has 18 heavy (non-hydrogen) atoms. The smallest absolute Gasteiger partial charge is 0.364 e. The van der Waals surface area contributed by atoms with Crippen LogP contribution < -0.4 is 5.32 Å². The average Bonchev–Trinajstić information content (AvgIpc) is 2.37. The average molecular weight is 255 g/mol. The Hall–Kier alpha value is -2.25. The molecule has 0 aliphatic rings. The Balaban J connectivity index is 2.06. The number of rotatable bonds is 3. The van der Waals surface area contributed by atoms with Crippen LogP contribution >= 0.6 is 0 Å². The van der Waals surface area contributed by atoms with Gasteiger partial charge in [0.2, 0.25) is 0 Å². The van der Waals surface area contributed by atoms with Crippen LogP contribution in [0.25, 0.3) is 0 Å². The summed E-state index contributed by atoms with van der Waals surface area (Å²) in [5.74, 6) is 0.0861. The van der Waals surface area contributed by atoms with E-state index < -0.39 is 11.9 Å². The van der Waals surface area contributed by atoms with Gasteiger partial charge in [0, 0.05) is 18.5 Å². The summed E-state index contributed by atoms with van der Waals surface area (Å²) in [6.45, 7) is 0.238. The molecule has 2 rings (SSSR count). The SMILES string of the molecule is FC(F)(F)c1cc(NCc2cnccn2)ncn1. The Morgan fingerprint density at radius 3 is 2.61 bits per heavy atom. The van der Waals surface area contributed by atoms with Crippen LogP contribution in [-0.4, -0.2) is 19.9 Å². The number of nitrogens with one attached hydrogen (secondary N) is 1. The maximum absolute atomic E-state index is 12.4. The van der Waals surface area contributed by atoms with E-state index >= 15 is 0 Å². The van der Waals surface area contributed by atoms with Gasteiger partial charge in [-0.05, 0) is 0 Å². The summed E-state index contributed by atoms with van der Waals surface area (Å²) in [5, 5.41) is 2.72. The van der Waals surface area contributed by atoms with Crippen molar-refractivity contribution >= 4 is 5.82 Å². The highest BCUT2D eigenvalue weighted by molar-refractivity contribution is 5.35. The van der Waals surface area contributed by atoms with Crippen molar-refractivity contribution in [3.05, 3.63) is 42.4 Å². The van der Waals surface area contributed by atoms with Crippen LogP contribution in [0.5, 0.6) is 0 Å². The lowest BCUT2D eigenvalue weighted by atomic mass is 10.3. The second-order valence-electron chi connectivity index (χ2n) is 3.34. The van der Waals surface area contributed by atoms with E-state index in [4.69, 9.17) is 0 Å². The highest BCUT2D eigenvalue weighted by Crippen LogP contribution is 2.28. The van der Waals surface area contributed by atoms with E-state index in [2.05, 4.69) is 25.3 Å². The molecule has 0 bridgehead atoms. The molecule has 1 N–H and O–H groups in total. The molecule has 0 radical (unpaired) electrons. The molecular weight excluding hydrogens is 247 g/mol. The van der Waals surface area contributed by atoms with Crippen LogP contribution in [0.4, 0.5) is 19.0 Å². The highest BCUT2D eigenvalue weighted by Gasteiger charge is 2.32. The molecule has 0 spiro atoms. The van der Waals surface area contributed by atoms with Gasteiger partial charge in [-0.3, -0.25) is 9.97 Å². The van der Waals surface area contributed by atoms with Crippen LogP contribution in [0.1, 0.15) is 11.4 Å². The van der Waals surface area contributed by atoms with E-state index in [1.807, 2.05) is 0 Å². The molecule has 0 aliphatic heterocycles. The Kier molecular flexibility index (Phi) is 3.35. The Labute approximate surface area is 100 Å². The summed E-state index contributed by atoms with van der Waals surface area (Å²) >= 11 is 0. The lowest BCUT2D eigenvalue weighted by Crippen LogP contribution is -2.10. The van der Waals surface area contributed by atoms with Gasteiger partial charge < -0.3 is 5.32 Å². The fraction of sp³-hybridized carbons (Fsp3) is 0.200. The van der Waals surface area contributed by atoms with E-state index in [1.165, 1.54) is 18.6 Å². The van der Waals surface area contributed by atoms with Crippen molar-refractivity contribution < 1.29 is 13.2 Å². The third-order valence-corrected chi connectivity index (χ3v) is 2.02. The Morgan fingerprint density at radius 2 is 1.94 bits per heavy atom. The normalized spacial score (nSPS) is 11.3. The largest absolute Gasteiger partial charge is 0.433 e. The quantitative estimate of drug-likeness (QED) is 0.907. The summed E-state index contributed by atoms with van der Waals surface area (Å²) < 4.78 is 37.2.